The Kier molecular flexibility index (Phi) is 4.57. The Morgan fingerprint density at radius 1 is 1.00 bits per heavy atom. The number of para-hydroxylation sites is 2. The summed E-state index contributed by atoms with van der Waals surface area (Å²) in [5.41, 5.74) is 3.56. The van der Waals surface area contributed by atoms with Crippen molar-refractivity contribution in [3.05, 3.63) is 48.3 Å². The zero-order valence-electron chi connectivity index (χ0n) is 16.7. The molecule has 2 aromatic carbocycles. The van der Waals surface area contributed by atoms with Gasteiger partial charge in [0, 0.05) is 0 Å². The third-order valence-corrected chi connectivity index (χ3v) is 8.39. The van der Waals surface area contributed by atoms with Crippen LogP contribution in [0, 0.1) is 11.8 Å². The minimum Gasteiger partial charge on any atom is -0.341 e. The molecule has 2 atom stereocenters. The summed E-state index contributed by atoms with van der Waals surface area (Å²) in [6, 6.07) is 13.7. The Balaban J connectivity index is 1.24. The van der Waals surface area contributed by atoms with E-state index in [1.807, 2.05) is 42.5 Å². The van der Waals surface area contributed by atoms with Crippen LogP contribution in [0.4, 0.5) is 5.69 Å². The summed E-state index contributed by atoms with van der Waals surface area (Å²) in [6.07, 6.45) is 3.73. The lowest BCUT2D eigenvalue weighted by molar-refractivity contribution is -0.122. The second-order valence-corrected chi connectivity index (χ2v) is 10.4. The van der Waals surface area contributed by atoms with Gasteiger partial charge in [0.05, 0.1) is 44.5 Å². The molecule has 2 amide bonds. The van der Waals surface area contributed by atoms with Crippen LogP contribution >= 0.6 is 23.1 Å². The van der Waals surface area contributed by atoms with Crippen LogP contribution in [0.15, 0.2) is 46.8 Å². The van der Waals surface area contributed by atoms with Crippen LogP contribution in [-0.2, 0) is 15.3 Å². The van der Waals surface area contributed by atoms with Crippen LogP contribution in [-0.4, -0.2) is 26.8 Å². The number of anilines is 1. The first-order valence-electron chi connectivity index (χ1n) is 10.5. The molecule has 6 nitrogen and oxygen atoms in total. The van der Waals surface area contributed by atoms with E-state index in [9.17, 15) is 9.59 Å². The number of aromatic nitrogens is 3. The summed E-state index contributed by atoms with van der Waals surface area (Å²) in [5, 5.41) is 0. The first kappa shape index (κ1) is 19.0. The zero-order valence-corrected chi connectivity index (χ0v) is 18.3. The molecular formula is C23H20N4O2S2. The van der Waals surface area contributed by atoms with E-state index in [-0.39, 0.29) is 23.7 Å². The first-order valence-corrected chi connectivity index (χ1v) is 12.3. The monoisotopic (exact) mass is 448 g/mol. The van der Waals surface area contributed by atoms with Gasteiger partial charge in [-0.25, -0.2) is 9.97 Å². The van der Waals surface area contributed by atoms with Crippen LogP contribution in [0.5, 0.6) is 0 Å². The van der Waals surface area contributed by atoms with Crippen LogP contribution < -0.4 is 4.90 Å². The number of benzene rings is 2. The third-order valence-electron chi connectivity index (χ3n) is 6.22. The molecule has 31 heavy (non-hydrogen) atoms. The number of imide groups is 1. The number of fused-ring (bicyclic) bond motifs is 3. The lowest BCUT2D eigenvalue weighted by atomic mass is 9.81. The van der Waals surface area contributed by atoms with Crippen molar-refractivity contribution in [2.75, 3.05) is 4.90 Å². The highest BCUT2D eigenvalue weighted by molar-refractivity contribution is 8.00. The molecular weight excluding hydrogens is 428 g/mol. The highest BCUT2D eigenvalue weighted by atomic mass is 32.2. The summed E-state index contributed by atoms with van der Waals surface area (Å²) < 4.78 is 1.93. The average Bonchev–Trinajstić information content (AvgIpc) is 3.46. The van der Waals surface area contributed by atoms with Crippen LogP contribution in [0.1, 0.15) is 31.5 Å². The molecule has 4 aromatic rings. The molecule has 156 valence electrons. The normalized spacial score (nSPS) is 21.4. The predicted molar refractivity (Wildman–Crippen MR) is 123 cm³/mol. The van der Waals surface area contributed by atoms with Gasteiger partial charge in [-0.2, -0.15) is 0 Å². The lowest BCUT2D eigenvalue weighted by Crippen LogP contribution is -2.30. The molecule has 2 aliphatic rings. The third kappa shape index (κ3) is 3.25. The van der Waals surface area contributed by atoms with Gasteiger partial charge in [-0.3, -0.25) is 14.5 Å². The molecule has 1 aliphatic carbocycles. The Morgan fingerprint density at radius 3 is 2.55 bits per heavy atom. The molecule has 0 unspecified atom stereocenters. The maximum atomic E-state index is 12.9. The van der Waals surface area contributed by atoms with Crippen molar-refractivity contribution in [3.8, 4) is 0 Å². The van der Waals surface area contributed by atoms with Gasteiger partial charge in [-0.15, -0.1) is 11.3 Å². The molecule has 8 heteroatoms. The molecule has 2 fully saturated rings. The molecule has 1 aliphatic heterocycles. The molecule has 3 heterocycles. The number of imidazole rings is 1. The molecule has 6 rings (SSSR count). The minimum atomic E-state index is -0.131. The fourth-order valence-corrected chi connectivity index (χ4v) is 6.69. The number of hydrogen-bond donors (Lipinski definition) is 1. The van der Waals surface area contributed by atoms with E-state index < -0.39 is 0 Å². The van der Waals surface area contributed by atoms with Gasteiger partial charge >= 0.3 is 0 Å². The Labute approximate surface area is 187 Å². The number of thioether (sulfide) groups is 1. The van der Waals surface area contributed by atoms with Crippen molar-refractivity contribution in [2.45, 2.75) is 35.8 Å². The average molecular weight is 449 g/mol. The maximum absolute atomic E-state index is 12.9. The van der Waals surface area contributed by atoms with Crippen molar-refractivity contribution < 1.29 is 9.59 Å². The largest absolute Gasteiger partial charge is 0.341 e. The smallest absolute Gasteiger partial charge is 0.237 e. The molecule has 1 saturated carbocycles. The first-order chi connectivity index (χ1) is 15.2. The quantitative estimate of drug-likeness (QED) is 0.345. The van der Waals surface area contributed by atoms with Gasteiger partial charge in [0.25, 0.3) is 0 Å². The molecule has 1 N–H and O–H groups in total. The van der Waals surface area contributed by atoms with Crippen molar-refractivity contribution in [1.29, 1.82) is 0 Å². The standard InChI is InChI=1S/C23H20N4O2S2/c28-21-14-5-1-2-6-15(14)22(29)27(21)13-9-10-18-19(11-13)31-23(26-18)30-12-20-24-16-7-3-4-8-17(16)25-20/h3-4,7-11,14-15H,1-2,5-6,12H2,(H,24,25)/t14-,15-/m0/s1. The maximum Gasteiger partial charge on any atom is 0.237 e. The SMILES string of the molecule is O=C1[C@H]2CCCC[C@@H]2C(=O)N1c1ccc2nc(SCc3nc4ccccc4[nH]3)sc2c1. The number of carbonyl (C=O) groups excluding carboxylic acids is 2. The fraction of sp³-hybridized carbons (Fsp3) is 0.304. The number of thiazole rings is 1. The molecule has 2 aromatic heterocycles. The fourth-order valence-electron chi connectivity index (χ4n) is 4.71. The summed E-state index contributed by atoms with van der Waals surface area (Å²) in [5.74, 6) is 1.30. The van der Waals surface area contributed by atoms with Gasteiger partial charge in [0.15, 0.2) is 4.34 Å². The van der Waals surface area contributed by atoms with Crippen molar-refractivity contribution in [1.82, 2.24) is 15.0 Å². The number of H-pyrrole nitrogens is 1. The Hall–Kier alpha value is -2.71. The van der Waals surface area contributed by atoms with Crippen LogP contribution in [0.25, 0.3) is 21.3 Å². The van der Waals surface area contributed by atoms with Gasteiger partial charge in [0.1, 0.15) is 5.82 Å². The zero-order chi connectivity index (χ0) is 20.9. The van der Waals surface area contributed by atoms with Gasteiger partial charge in [-0.1, -0.05) is 36.7 Å². The van der Waals surface area contributed by atoms with E-state index in [4.69, 9.17) is 4.98 Å². The number of amides is 2. The highest BCUT2D eigenvalue weighted by Gasteiger charge is 2.48. The summed E-state index contributed by atoms with van der Waals surface area (Å²) in [6.45, 7) is 0. The Bertz CT molecular complexity index is 1270. The van der Waals surface area contributed by atoms with Crippen LogP contribution in [0.3, 0.4) is 0 Å². The van der Waals surface area contributed by atoms with E-state index in [2.05, 4.69) is 9.97 Å². The van der Waals surface area contributed by atoms with E-state index >= 15 is 0 Å². The summed E-state index contributed by atoms with van der Waals surface area (Å²) in [7, 11) is 0. The van der Waals surface area contributed by atoms with Crippen molar-refractivity contribution in [3.63, 3.8) is 0 Å². The summed E-state index contributed by atoms with van der Waals surface area (Å²) >= 11 is 3.22. The summed E-state index contributed by atoms with van der Waals surface area (Å²) in [4.78, 5) is 39.9. The number of hydrogen-bond acceptors (Lipinski definition) is 6. The van der Waals surface area contributed by atoms with Gasteiger partial charge in [-0.05, 0) is 43.2 Å². The van der Waals surface area contributed by atoms with Gasteiger partial charge in [0.2, 0.25) is 11.8 Å². The van der Waals surface area contributed by atoms with Crippen molar-refractivity contribution in [2.24, 2.45) is 11.8 Å². The Morgan fingerprint density at radius 2 is 1.77 bits per heavy atom. The number of aromatic amines is 1. The molecule has 1 saturated heterocycles. The van der Waals surface area contributed by atoms with Crippen LogP contribution in [0.2, 0.25) is 0 Å². The molecule has 0 bridgehead atoms. The number of rotatable bonds is 4. The topological polar surface area (TPSA) is 79.0 Å². The molecule has 0 spiro atoms. The van der Waals surface area contributed by atoms with E-state index in [1.54, 1.807) is 23.1 Å². The second kappa shape index (κ2) is 7.46. The number of nitrogens with zero attached hydrogens (tertiary/aromatic N) is 3. The highest BCUT2D eigenvalue weighted by Crippen LogP contribution is 2.41. The number of nitrogens with one attached hydrogen (secondary N) is 1. The predicted octanol–water partition coefficient (Wildman–Crippen LogP) is 5.14. The van der Waals surface area contributed by atoms with Gasteiger partial charge < -0.3 is 4.98 Å². The minimum absolute atomic E-state index is 0.0296. The number of carbonyl (C=O) groups is 2. The van der Waals surface area contributed by atoms with Crippen molar-refractivity contribution >= 4 is 61.9 Å². The van der Waals surface area contributed by atoms with E-state index in [0.717, 1.165) is 57.1 Å². The molecule has 0 radical (unpaired) electrons. The van der Waals surface area contributed by atoms with E-state index in [1.165, 1.54) is 4.90 Å². The second-order valence-electron chi connectivity index (χ2n) is 8.13. The van der Waals surface area contributed by atoms with E-state index in [0.29, 0.717) is 11.4 Å². The lowest BCUT2D eigenvalue weighted by Gasteiger charge is -2.19.